The van der Waals surface area contributed by atoms with Gasteiger partial charge in [0, 0.05) is 24.2 Å². The van der Waals surface area contributed by atoms with Gasteiger partial charge in [0.15, 0.2) is 17.3 Å². The summed E-state index contributed by atoms with van der Waals surface area (Å²) in [7, 11) is 0. The average molecular weight is 502 g/mol. The number of benzene rings is 2. The summed E-state index contributed by atoms with van der Waals surface area (Å²) in [5.74, 6) is -0.293. The Labute approximate surface area is 217 Å². The Bertz CT molecular complexity index is 1360. The third kappa shape index (κ3) is 4.77. The predicted octanol–water partition coefficient (Wildman–Crippen LogP) is 7.31. The lowest BCUT2D eigenvalue weighted by Crippen LogP contribution is -2.33. The van der Waals surface area contributed by atoms with E-state index in [1.807, 2.05) is 56.2 Å². The fourth-order valence-corrected chi connectivity index (χ4v) is 4.60. The van der Waals surface area contributed by atoms with E-state index in [2.05, 4.69) is 23.8 Å². The summed E-state index contributed by atoms with van der Waals surface area (Å²) in [6.45, 7) is 13.9. The summed E-state index contributed by atoms with van der Waals surface area (Å²) in [6, 6.07) is 5.26. The van der Waals surface area contributed by atoms with Gasteiger partial charge in [0.05, 0.1) is 17.9 Å². The van der Waals surface area contributed by atoms with Crippen LogP contribution in [0.2, 0.25) is 0 Å². The number of hydrogen-bond donors (Lipinski definition) is 3. The molecule has 37 heavy (non-hydrogen) atoms. The number of nitrogens with one attached hydrogen (secondary N) is 2. The highest BCUT2D eigenvalue weighted by Gasteiger charge is 2.38. The number of aliphatic hydroxyl groups excluding tert-OH is 1. The first-order chi connectivity index (χ1) is 17.8. The second-order valence-corrected chi connectivity index (χ2v) is 8.93. The van der Waals surface area contributed by atoms with Gasteiger partial charge in [-0.15, -0.1) is 0 Å². The molecule has 2 aromatic rings. The van der Waals surface area contributed by atoms with Gasteiger partial charge in [-0.05, 0) is 54.3 Å². The van der Waals surface area contributed by atoms with Crippen molar-refractivity contribution in [2.75, 3.05) is 23.3 Å². The summed E-state index contributed by atoms with van der Waals surface area (Å²) in [6.07, 6.45) is 11.1. The Morgan fingerprint density at radius 2 is 2.05 bits per heavy atom. The molecule has 0 fully saturated rings. The molecule has 2 aliphatic rings. The highest BCUT2D eigenvalue weighted by molar-refractivity contribution is 6.00. The third-order valence-electron chi connectivity index (χ3n) is 6.44. The molecular weight excluding hydrogens is 469 g/mol. The number of rotatable bonds is 9. The molecule has 7 heteroatoms. The number of halogens is 1. The van der Waals surface area contributed by atoms with Crippen LogP contribution in [0, 0.1) is 5.82 Å². The van der Waals surface area contributed by atoms with Crippen molar-refractivity contribution in [3.8, 4) is 11.5 Å². The van der Waals surface area contributed by atoms with Crippen LogP contribution in [-0.4, -0.2) is 24.1 Å². The quantitative estimate of drug-likeness (QED) is 0.248. The first-order valence-electron chi connectivity index (χ1n) is 12.4. The number of allylic oxidation sites excluding steroid dienone is 3. The van der Waals surface area contributed by atoms with E-state index in [1.165, 1.54) is 18.2 Å². The van der Waals surface area contributed by atoms with Gasteiger partial charge >= 0.3 is 0 Å². The van der Waals surface area contributed by atoms with Gasteiger partial charge in [-0.1, -0.05) is 51.3 Å². The Kier molecular flexibility index (Phi) is 7.53. The SMILES string of the molecule is C=C/C=C(\O)CNc1c(F)cc2c3c1Oc1cc(/C=C\C)c(C=C)cc1N3C=C(C(=O)NCCC)C2C. The van der Waals surface area contributed by atoms with Crippen LogP contribution in [0.3, 0.4) is 0 Å². The summed E-state index contributed by atoms with van der Waals surface area (Å²) in [5, 5.41) is 16.0. The molecule has 6 nitrogen and oxygen atoms in total. The predicted molar refractivity (Wildman–Crippen MR) is 149 cm³/mol. The van der Waals surface area contributed by atoms with E-state index in [0.29, 0.717) is 34.9 Å². The van der Waals surface area contributed by atoms with Gasteiger partial charge in [0.1, 0.15) is 11.4 Å². The first-order valence-corrected chi connectivity index (χ1v) is 12.4. The number of nitrogens with zero attached hydrogens (tertiary/aromatic N) is 1. The molecule has 0 saturated heterocycles. The molecule has 0 saturated carbocycles. The van der Waals surface area contributed by atoms with E-state index < -0.39 is 5.82 Å². The zero-order chi connectivity index (χ0) is 26.7. The van der Waals surface area contributed by atoms with Gasteiger partial charge in [-0.2, -0.15) is 0 Å². The van der Waals surface area contributed by atoms with Crippen LogP contribution in [0.4, 0.5) is 21.5 Å². The summed E-state index contributed by atoms with van der Waals surface area (Å²) in [5.41, 5.74) is 4.45. The van der Waals surface area contributed by atoms with Gasteiger partial charge in [-0.25, -0.2) is 4.39 Å². The average Bonchev–Trinajstić information content (AvgIpc) is 2.88. The number of fused-ring (bicyclic) bond motifs is 2. The second-order valence-electron chi connectivity index (χ2n) is 8.93. The molecule has 0 spiro atoms. The van der Waals surface area contributed by atoms with Crippen molar-refractivity contribution in [2.45, 2.75) is 33.1 Å². The van der Waals surface area contributed by atoms with E-state index in [4.69, 9.17) is 4.74 Å². The van der Waals surface area contributed by atoms with Crippen LogP contribution in [0.25, 0.3) is 12.2 Å². The van der Waals surface area contributed by atoms with E-state index in [0.717, 1.165) is 23.2 Å². The third-order valence-corrected chi connectivity index (χ3v) is 6.44. The van der Waals surface area contributed by atoms with E-state index in [-0.39, 0.29) is 29.8 Å². The maximum atomic E-state index is 15.6. The van der Waals surface area contributed by atoms with E-state index >= 15 is 4.39 Å². The molecule has 4 rings (SSSR count). The molecule has 0 aliphatic carbocycles. The molecule has 0 radical (unpaired) electrons. The van der Waals surface area contributed by atoms with Gasteiger partial charge in [0.2, 0.25) is 5.91 Å². The highest BCUT2D eigenvalue weighted by Crippen LogP contribution is 2.57. The molecular formula is C30H32FN3O3. The van der Waals surface area contributed by atoms with Crippen molar-refractivity contribution in [2.24, 2.45) is 0 Å². The minimum absolute atomic E-state index is 0.00141. The summed E-state index contributed by atoms with van der Waals surface area (Å²) < 4.78 is 21.9. The molecule has 0 aromatic heterocycles. The zero-order valence-corrected chi connectivity index (χ0v) is 21.4. The van der Waals surface area contributed by atoms with Crippen molar-refractivity contribution >= 4 is 35.1 Å². The van der Waals surface area contributed by atoms with E-state index in [9.17, 15) is 9.90 Å². The Balaban J connectivity index is 1.93. The number of amides is 1. The van der Waals surface area contributed by atoms with Crippen LogP contribution in [-0.2, 0) is 4.79 Å². The highest BCUT2D eigenvalue weighted by atomic mass is 19.1. The normalized spacial score (nSPS) is 15.9. The number of ether oxygens (including phenoxy) is 1. The van der Waals surface area contributed by atoms with Crippen molar-refractivity contribution in [1.82, 2.24) is 5.32 Å². The Morgan fingerprint density at radius 3 is 2.73 bits per heavy atom. The standard InChI is InChI=1S/C30H32FN3O3/c1-6-10-20-14-26-25(13-19(20)9-4)34-17-23(30(36)32-12-8-3)18(5)22-15-24(31)27(29(37-26)28(22)34)33-16-21(35)11-7-2/h6-7,9-11,13-15,17-18,33,35H,2,4,8,12,16H2,1,3,5H3,(H,32,36)/b10-6-,21-11-. The monoisotopic (exact) mass is 501 g/mol. The largest absolute Gasteiger partial charge is 0.510 e. The maximum Gasteiger partial charge on any atom is 0.249 e. The minimum Gasteiger partial charge on any atom is -0.510 e. The number of carbonyl (C=O) groups excluding carboxylic acids is 1. The lowest BCUT2D eigenvalue weighted by molar-refractivity contribution is -0.117. The van der Waals surface area contributed by atoms with Crippen LogP contribution in [0.1, 0.15) is 49.8 Å². The molecule has 1 atom stereocenters. The number of aliphatic hydroxyl groups is 1. The molecule has 1 unspecified atom stereocenters. The molecule has 1 amide bonds. The summed E-state index contributed by atoms with van der Waals surface area (Å²) in [4.78, 5) is 15.0. The minimum atomic E-state index is -0.540. The molecule has 2 heterocycles. The van der Waals surface area contributed by atoms with Crippen molar-refractivity contribution in [1.29, 1.82) is 0 Å². The van der Waals surface area contributed by atoms with Gasteiger partial charge < -0.3 is 25.4 Å². The molecule has 0 bridgehead atoms. The molecule has 2 aliphatic heterocycles. The Morgan fingerprint density at radius 1 is 1.27 bits per heavy atom. The van der Waals surface area contributed by atoms with E-state index in [1.54, 1.807) is 6.08 Å². The molecule has 192 valence electrons. The van der Waals surface area contributed by atoms with Gasteiger partial charge in [-0.3, -0.25) is 4.79 Å². The van der Waals surface area contributed by atoms with Crippen molar-refractivity contribution < 1.29 is 19.0 Å². The van der Waals surface area contributed by atoms with Crippen LogP contribution >= 0.6 is 0 Å². The summed E-state index contributed by atoms with van der Waals surface area (Å²) >= 11 is 0. The van der Waals surface area contributed by atoms with Crippen LogP contribution < -0.4 is 20.3 Å². The smallest absolute Gasteiger partial charge is 0.249 e. The molecule has 3 N–H and O–H groups in total. The fraction of sp³-hybridized carbons (Fsp3) is 0.233. The lowest BCUT2D eigenvalue weighted by atomic mass is 9.86. The van der Waals surface area contributed by atoms with Crippen molar-refractivity contribution in [3.63, 3.8) is 0 Å². The van der Waals surface area contributed by atoms with Crippen LogP contribution in [0.5, 0.6) is 11.5 Å². The zero-order valence-electron chi connectivity index (χ0n) is 21.4. The van der Waals surface area contributed by atoms with Crippen molar-refractivity contribution in [3.05, 3.63) is 89.6 Å². The number of carbonyl (C=O) groups is 1. The van der Waals surface area contributed by atoms with Crippen LogP contribution in [0.15, 0.2) is 67.1 Å². The molecule has 2 aromatic carbocycles. The maximum absolute atomic E-state index is 15.6. The fourth-order valence-electron chi connectivity index (χ4n) is 4.60. The second kappa shape index (κ2) is 10.8. The number of hydrogen-bond acceptors (Lipinski definition) is 5. The Hall–Kier alpha value is -4.26. The topological polar surface area (TPSA) is 73.8 Å². The first kappa shape index (κ1) is 25.8. The van der Waals surface area contributed by atoms with Gasteiger partial charge in [0.25, 0.3) is 0 Å². The number of anilines is 3. The lowest BCUT2D eigenvalue weighted by Gasteiger charge is -2.39.